The van der Waals surface area contributed by atoms with Crippen molar-refractivity contribution in [1.82, 2.24) is 0 Å². The van der Waals surface area contributed by atoms with Gasteiger partial charge >= 0.3 is 0 Å². The highest BCUT2D eigenvalue weighted by molar-refractivity contribution is 6.17. The van der Waals surface area contributed by atoms with Crippen LogP contribution in [-0.2, 0) is 12.5 Å². The van der Waals surface area contributed by atoms with E-state index < -0.39 is 0 Å². The van der Waals surface area contributed by atoms with Gasteiger partial charge in [-0.25, -0.2) is 8.78 Å². The molecule has 4 rings (SSSR count). The second-order valence-corrected chi connectivity index (χ2v) is 10.3. The highest BCUT2D eigenvalue weighted by Gasteiger charge is 2.15. The molecule has 0 saturated carbocycles. The van der Waals surface area contributed by atoms with Crippen LogP contribution in [0.15, 0.2) is 72.8 Å². The highest BCUT2D eigenvalue weighted by Crippen LogP contribution is 2.36. The second kappa shape index (κ2) is 18.1. The largest absolute Gasteiger partial charge is 0.497 e. The van der Waals surface area contributed by atoms with E-state index in [1.165, 1.54) is 12.1 Å². The summed E-state index contributed by atoms with van der Waals surface area (Å²) >= 11 is 5.89. The minimum atomic E-state index is -0.335. The lowest BCUT2D eigenvalue weighted by Gasteiger charge is -2.14. The summed E-state index contributed by atoms with van der Waals surface area (Å²) in [5, 5.41) is 9.28. The van der Waals surface area contributed by atoms with Crippen molar-refractivity contribution in [3.05, 3.63) is 95.6 Å². The number of unbranched alkanes of at least 4 members (excludes halogenated alkanes) is 2. The molecule has 1 N–H and O–H groups in total. The van der Waals surface area contributed by atoms with Crippen molar-refractivity contribution in [3.63, 3.8) is 0 Å². The molecule has 0 spiro atoms. The highest BCUT2D eigenvalue weighted by atomic mass is 35.5. The molecule has 0 aliphatic rings. The molecule has 4 aromatic rings. The lowest BCUT2D eigenvalue weighted by atomic mass is 10.0. The fourth-order valence-electron chi connectivity index (χ4n) is 4.33. The van der Waals surface area contributed by atoms with E-state index >= 15 is 0 Å². The second-order valence-electron chi connectivity index (χ2n) is 10.0. The van der Waals surface area contributed by atoms with Crippen molar-refractivity contribution in [3.8, 4) is 45.3 Å². The topological polar surface area (TPSA) is 57.2 Å². The number of methoxy groups -OCH3 is 2. The van der Waals surface area contributed by atoms with Crippen LogP contribution >= 0.6 is 11.6 Å². The van der Waals surface area contributed by atoms with Crippen LogP contribution in [0.2, 0.25) is 0 Å². The number of rotatable bonds is 14. The van der Waals surface area contributed by atoms with E-state index in [9.17, 15) is 13.9 Å². The Morgan fingerprint density at radius 2 is 1.07 bits per heavy atom. The summed E-state index contributed by atoms with van der Waals surface area (Å²) in [4.78, 5) is 0. The van der Waals surface area contributed by atoms with E-state index in [0.29, 0.717) is 64.3 Å². The van der Waals surface area contributed by atoms with E-state index in [2.05, 4.69) is 13.8 Å². The van der Waals surface area contributed by atoms with Crippen LogP contribution in [0.25, 0.3) is 22.3 Å². The van der Waals surface area contributed by atoms with Gasteiger partial charge in [-0.15, -0.1) is 11.6 Å². The van der Waals surface area contributed by atoms with E-state index in [1.54, 1.807) is 56.7 Å². The van der Waals surface area contributed by atoms with Crippen LogP contribution in [0.1, 0.15) is 50.7 Å². The van der Waals surface area contributed by atoms with Gasteiger partial charge in [-0.05, 0) is 72.5 Å². The van der Waals surface area contributed by atoms with Gasteiger partial charge in [-0.1, -0.05) is 51.0 Å². The maximum Gasteiger partial charge on any atom is 0.131 e. The van der Waals surface area contributed by atoms with Gasteiger partial charge in [0.15, 0.2) is 0 Å². The number of aliphatic hydroxyl groups is 1. The SMILES string of the molecule is CCCCOc1cc(CCl)ccc1-c1cc(OC)ccc1F.CCCCOc1cc(CO)ccc1-c1cc(OC)ccc1F. The number of alkyl halides is 1. The summed E-state index contributed by atoms with van der Waals surface area (Å²) in [6.07, 6.45) is 3.93. The standard InChI is InChI=1S/C18H20ClFO2.C18H21FO3/c1-3-4-9-22-18-10-13(12-19)5-7-15(18)16-11-14(21-2)6-8-17(16)20;1-3-4-9-22-18-10-13(12-20)5-7-15(18)16-11-14(21-2)6-8-17(16)19/h5-8,10-11H,3-4,9,12H2,1-2H3;5-8,10-11,20H,3-4,9,12H2,1-2H3. The molecule has 0 bridgehead atoms. The maximum absolute atomic E-state index is 14.2. The quantitative estimate of drug-likeness (QED) is 0.112. The number of aliphatic hydroxyl groups excluding tert-OH is 1. The molecule has 0 aliphatic carbocycles. The smallest absolute Gasteiger partial charge is 0.131 e. The summed E-state index contributed by atoms with van der Waals surface area (Å²) in [6, 6.07) is 20.2. The Balaban J connectivity index is 0.000000240. The Bertz CT molecular complexity index is 1370. The number of hydrogen-bond acceptors (Lipinski definition) is 5. The molecular formula is C36H41ClF2O5. The first kappa shape index (κ1) is 34.7. The Kier molecular flexibility index (Phi) is 14.3. The molecular weight excluding hydrogens is 586 g/mol. The predicted molar refractivity (Wildman–Crippen MR) is 173 cm³/mol. The third-order valence-electron chi connectivity index (χ3n) is 6.87. The average Bonchev–Trinajstić information content (AvgIpc) is 3.06. The van der Waals surface area contributed by atoms with Gasteiger partial charge in [0.2, 0.25) is 0 Å². The van der Waals surface area contributed by atoms with Gasteiger partial charge in [0.05, 0.1) is 34.0 Å². The van der Waals surface area contributed by atoms with Crippen molar-refractivity contribution < 1.29 is 32.8 Å². The van der Waals surface area contributed by atoms with Crippen molar-refractivity contribution >= 4 is 11.6 Å². The summed E-state index contributed by atoms with van der Waals surface area (Å²) < 4.78 is 50.4. The number of benzene rings is 4. The third kappa shape index (κ3) is 9.60. The Morgan fingerprint density at radius 3 is 1.48 bits per heavy atom. The molecule has 0 aromatic heterocycles. The van der Waals surface area contributed by atoms with E-state index in [0.717, 1.165) is 36.8 Å². The fraction of sp³-hybridized carbons (Fsp3) is 0.333. The van der Waals surface area contributed by atoms with Crippen LogP contribution < -0.4 is 18.9 Å². The molecule has 4 aromatic carbocycles. The molecule has 5 nitrogen and oxygen atoms in total. The molecule has 0 fully saturated rings. The van der Waals surface area contributed by atoms with Crippen LogP contribution in [0.3, 0.4) is 0 Å². The molecule has 0 radical (unpaired) electrons. The minimum Gasteiger partial charge on any atom is -0.497 e. The lowest BCUT2D eigenvalue weighted by Crippen LogP contribution is -2.00. The third-order valence-corrected chi connectivity index (χ3v) is 7.18. The number of halogens is 3. The zero-order valence-electron chi connectivity index (χ0n) is 25.8. The number of hydrogen-bond donors (Lipinski definition) is 1. The molecule has 0 atom stereocenters. The molecule has 0 heterocycles. The van der Waals surface area contributed by atoms with Gasteiger partial charge in [-0.2, -0.15) is 0 Å². The Morgan fingerprint density at radius 1 is 0.614 bits per heavy atom. The first-order valence-electron chi connectivity index (χ1n) is 14.7. The molecule has 236 valence electrons. The van der Waals surface area contributed by atoms with Gasteiger partial charge in [0.25, 0.3) is 0 Å². The van der Waals surface area contributed by atoms with Crippen LogP contribution in [0.4, 0.5) is 8.78 Å². The molecule has 0 aliphatic heterocycles. The van der Waals surface area contributed by atoms with Gasteiger partial charge in [0, 0.05) is 28.1 Å². The lowest BCUT2D eigenvalue weighted by molar-refractivity contribution is 0.278. The predicted octanol–water partition coefficient (Wildman–Crippen LogP) is 9.59. The van der Waals surface area contributed by atoms with Crippen molar-refractivity contribution in [2.24, 2.45) is 0 Å². The van der Waals surface area contributed by atoms with Gasteiger partial charge in [-0.3, -0.25) is 0 Å². The van der Waals surface area contributed by atoms with Crippen molar-refractivity contribution in [2.45, 2.75) is 52.0 Å². The Hall–Kier alpha value is -3.81. The minimum absolute atomic E-state index is 0.0784. The summed E-state index contributed by atoms with van der Waals surface area (Å²) in [5.74, 6) is 2.17. The number of ether oxygens (including phenoxy) is 4. The van der Waals surface area contributed by atoms with Crippen LogP contribution in [-0.4, -0.2) is 32.5 Å². The zero-order chi connectivity index (χ0) is 31.9. The van der Waals surface area contributed by atoms with Crippen molar-refractivity contribution in [1.29, 1.82) is 0 Å². The first-order valence-corrected chi connectivity index (χ1v) is 15.3. The fourth-order valence-corrected chi connectivity index (χ4v) is 4.49. The van der Waals surface area contributed by atoms with E-state index in [4.69, 9.17) is 30.5 Å². The molecule has 0 saturated heterocycles. The molecule has 0 unspecified atom stereocenters. The van der Waals surface area contributed by atoms with Gasteiger partial charge in [0.1, 0.15) is 34.6 Å². The summed E-state index contributed by atoms with van der Waals surface area (Å²) in [5.41, 5.74) is 3.94. The van der Waals surface area contributed by atoms with E-state index in [1.807, 2.05) is 18.2 Å². The van der Waals surface area contributed by atoms with Crippen LogP contribution in [0, 0.1) is 11.6 Å². The molecule has 44 heavy (non-hydrogen) atoms. The molecule has 8 heteroatoms. The maximum atomic E-state index is 14.2. The average molecular weight is 627 g/mol. The first-order chi connectivity index (χ1) is 21.4. The molecule has 0 amide bonds. The van der Waals surface area contributed by atoms with Gasteiger partial charge < -0.3 is 24.1 Å². The van der Waals surface area contributed by atoms with E-state index in [-0.39, 0.29) is 18.2 Å². The normalized spacial score (nSPS) is 10.5. The monoisotopic (exact) mass is 626 g/mol. The van der Waals surface area contributed by atoms with Crippen LogP contribution in [0.5, 0.6) is 23.0 Å². The zero-order valence-corrected chi connectivity index (χ0v) is 26.6. The summed E-state index contributed by atoms with van der Waals surface area (Å²) in [7, 11) is 3.11. The summed E-state index contributed by atoms with van der Waals surface area (Å²) in [6.45, 7) is 5.26. The Labute approximate surface area is 264 Å². The van der Waals surface area contributed by atoms with Crippen molar-refractivity contribution in [2.75, 3.05) is 27.4 Å².